The maximum absolute atomic E-state index is 13.5. The Bertz CT molecular complexity index is 1230. The van der Waals surface area contributed by atoms with E-state index in [4.69, 9.17) is 4.98 Å². The zero-order valence-corrected chi connectivity index (χ0v) is 24.2. The molecule has 202 valence electrons. The van der Waals surface area contributed by atoms with Crippen LogP contribution in [-0.4, -0.2) is 33.0 Å². The maximum atomic E-state index is 13.5. The summed E-state index contributed by atoms with van der Waals surface area (Å²) in [7, 11) is 0. The van der Waals surface area contributed by atoms with E-state index in [-0.39, 0.29) is 22.9 Å². The topological polar surface area (TPSA) is 82.5 Å². The van der Waals surface area contributed by atoms with E-state index in [1.807, 2.05) is 36.5 Å². The van der Waals surface area contributed by atoms with Gasteiger partial charge in [-0.15, -0.1) is 0 Å². The predicted molar refractivity (Wildman–Crippen MR) is 158 cm³/mol. The number of amides is 1. The minimum absolute atomic E-state index is 0.0479. The summed E-state index contributed by atoms with van der Waals surface area (Å²) in [5.41, 5.74) is 2.18. The lowest BCUT2D eigenvalue weighted by Crippen LogP contribution is -2.40. The Morgan fingerprint density at radius 2 is 1.97 bits per heavy atom. The number of rotatable bonds is 2. The zero-order valence-electron chi connectivity index (χ0n) is 23.4. The Hall–Kier alpha value is -3.13. The maximum Gasteiger partial charge on any atom is 0.265 e. The van der Waals surface area contributed by atoms with Crippen LogP contribution in [-0.2, 0) is 5.41 Å². The molecule has 1 saturated heterocycles. The highest BCUT2D eigenvalue weighted by molar-refractivity contribution is 8.13. The van der Waals surface area contributed by atoms with Gasteiger partial charge in [0.2, 0.25) is 0 Å². The molecule has 0 aromatic carbocycles. The van der Waals surface area contributed by atoms with E-state index in [9.17, 15) is 4.79 Å². The summed E-state index contributed by atoms with van der Waals surface area (Å²) in [6.45, 7) is 22.1. The second kappa shape index (κ2) is 10.9. The molecule has 0 spiro atoms. The molecule has 2 aromatic heterocycles. The van der Waals surface area contributed by atoms with Crippen molar-refractivity contribution in [3.8, 4) is 0 Å². The van der Waals surface area contributed by atoms with Gasteiger partial charge >= 0.3 is 0 Å². The second-order valence-corrected chi connectivity index (χ2v) is 12.8. The summed E-state index contributed by atoms with van der Waals surface area (Å²) in [5, 5.41) is 4.03. The number of fused-ring (bicyclic) bond motifs is 4. The Kier molecular flexibility index (Phi) is 8.02. The Morgan fingerprint density at radius 3 is 2.63 bits per heavy atom. The van der Waals surface area contributed by atoms with Crippen LogP contribution in [0.3, 0.4) is 0 Å². The van der Waals surface area contributed by atoms with E-state index < -0.39 is 0 Å². The average molecular weight is 533 g/mol. The number of anilines is 1. The summed E-state index contributed by atoms with van der Waals surface area (Å²) in [5.74, 6) is 1.82. The highest BCUT2D eigenvalue weighted by atomic mass is 32.2. The number of pyridine rings is 2. The molecule has 8 heteroatoms. The fourth-order valence-electron chi connectivity index (χ4n) is 5.33. The first-order chi connectivity index (χ1) is 17.9. The van der Waals surface area contributed by atoms with E-state index >= 15 is 0 Å². The molecule has 7 nitrogen and oxygen atoms in total. The molecule has 3 unspecified atom stereocenters. The lowest BCUT2D eigenvalue weighted by Gasteiger charge is -2.34. The van der Waals surface area contributed by atoms with Gasteiger partial charge in [0.15, 0.2) is 0 Å². The van der Waals surface area contributed by atoms with Crippen LogP contribution in [0.2, 0.25) is 0 Å². The first-order valence-corrected chi connectivity index (χ1v) is 14.0. The molecule has 1 amide bonds. The van der Waals surface area contributed by atoms with Crippen molar-refractivity contribution in [1.82, 2.24) is 20.0 Å². The largest absolute Gasteiger partial charge is 0.362 e. The summed E-state index contributed by atoms with van der Waals surface area (Å²) in [6, 6.07) is 9.80. The van der Waals surface area contributed by atoms with Crippen molar-refractivity contribution in [3.05, 3.63) is 78.5 Å². The van der Waals surface area contributed by atoms with Gasteiger partial charge in [-0.05, 0) is 68.9 Å². The molecule has 38 heavy (non-hydrogen) atoms. The van der Waals surface area contributed by atoms with Gasteiger partial charge in [-0.2, -0.15) is 0 Å². The van der Waals surface area contributed by atoms with Crippen LogP contribution < -0.4 is 14.9 Å². The molecule has 2 bridgehead atoms. The van der Waals surface area contributed by atoms with Crippen LogP contribution >= 0.6 is 11.9 Å². The molecular formula is C30H40N6OS. The predicted octanol–water partition coefficient (Wildman–Crippen LogP) is 6.18. The Balaban J connectivity index is 1.80. The standard InChI is InChI=1S/C30H40N6OS/c1-9-26-33-20(3)32-24(23-12-10-11-15-31-23)16-19(2)21-17-30(7,8)36(18-21)27-22(28(37)35-38-26)13-14-25(34-27)29(4,5)6/h9-15,19,21,24,32H,1,3,16-18H2,2,4-8H3,(H,35,37)/b33-26+. The van der Waals surface area contributed by atoms with E-state index in [0.29, 0.717) is 28.3 Å². The van der Waals surface area contributed by atoms with Gasteiger partial charge in [-0.1, -0.05) is 46.9 Å². The third kappa shape index (κ3) is 6.12. The van der Waals surface area contributed by atoms with Crippen molar-refractivity contribution in [2.45, 2.75) is 71.4 Å². The van der Waals surface area contributed by atoms with Gasteiger partial charge in [0.1, 0.15) is 16.7 Å². The number of carbonyl (C=O) groups is 1. The lowest BCUT2D eigenvalue weighted by atomic mass is 9.83. The third-order valence-electron chi connectivity index (χ3n) is 7.52. The number of aromatic nitrogens is 2. The molecule has 0 radical (unpaired) electrons. The lowest BCUT2D eigenvalue weighted by molar-refractivity contribution is 0.0984. The molecule has 2 N–H and O–H groups in total. The number of aliphatic imine (C=N–C) groups is 1. The molecule has 4 rings (SSSR count). The van der Waals surface area contributed by atoms with E-state index in [2.05, 4.69) is 79.6 Å². The molecule has 0 saturated carbocycles. The van der Waals surface area contributed by atoms with Crippen molar-refractivity contribution in [2.24, 2.45) is 16.8 Å². The average Bonchev–Trinajstić information content (AvgIpc) is 3.19. The second-order valence-electron chi connectivity index (χ2n) is 12.0. The molecule has 2 aliphatic rings. The SMILES string of the molecule is C=C/C1=N\C(=C)NC(c2ccccn2)CC(C)C2CN(c3nc(C(C)(C)C)ccc3C(=O)NS1)C(C)(C)C2. The van der Waals surface area contributed by atoms with Crippen LogP contribution in [0.15, 0.2) is 66.6 Å². The Morgan fingerprint density at radius 1 is 1.21 bits per heavy atom. The van der Waals surface area contributed by atoms with Gasteiger partial charge in [0, 0.05) is 41.3 Å². The van der Waals surface area contributed by atoms with Crippen molar-refractivity contribution >= 4 is 28.7 Å². The molecule has 0 aliphatic carbocycles. The summed E-state index contributed by atoms with van der Waals surface area (Å²) in [4.78, 5) is 30.2. The number of carbonyl (C=O) groups excluding carboxylic acids is 1. The summed E-state index contributed by atoms with van der Waals surface area (Å²) < 4.78 is 2.95. The molecule has 2 aromatic rings. The quantitative estimate of drug-likeness (QED) is 0.449. The van der Waals surface area contributed by atoms with E-state index in [1.165, 1.54) is 0 Å². The highest BCUT2D eigenvalue weighted by Gasteiger charge is 2.43. The van der Waals surface area contributed by atoms with Gasteiger partial charge < -0.3 is 10.2 Å². The van der Waals surface area contributed by atoms with E-state index in [0.717, 1.165) is 48.5 Å². The number of hydrogen-bond acceptors (Lipinski definition) is 7. The molecule has 2 aliphatic heterocycles. The van der Waals surface area contributed by atoms with Crippen molar-refractivity contribution in [1.29, 1.82) is 0 Å². The summed E-state index contributed by atoms with van der Waals surface area (Å²) in [6.07, 6.45) is 5.31. The van der Waals surface area contributed by atoms with Gasteiger partial charge in [0.25, 0.3) is 5.91 Å². The zero-order chi connectivity index (χ0) is 27.7. The van der Waals surface area contributed by atoms with Gasteiger partial charge in [-0.25, -0.2) is 9.98 Å². The molecule has 3 atom stereocenters. The molecule has 1 fully saturated rings. The fourth-order valence-corrected chi connectivity index (χ4v) is 5.88. The Labute approximate surface area is 231 Å². The molecule has 4 heterocycles. The van der Waals surface area contributed by atoms with Crippen LogP contribution in [0, 0.1) is 11.8 Å². The highest BCUT2D eigenvalue weighted by Crippen LogP contribution is 2.43. The number of nitrogens with one attached hydrogen (secondary N) is 2. The van der Waals surface area contributed by atoms with Crippen LogP contribution in [0.25, 0.3) is 0 Å². The first kappa shape index (κ1) is 27.9. The summed E-state index contributed by atoms with van der Waals surface area (Å²) >= 11 is 1.12. The van der Waals surface area contributed by atoms with Gasteiger partial charge in [0.05, 0.1) is 17.3 Å². The first-order valence-electron chi connectivity index (χ1n) is 13.2. The normalized spacial score (nSPS) is 25.7. The van der Waals surface area contributed by atoms with Crippen molar-refractivity contribution in [2.75, 3.05) is 11.4 Å². The number of hydrogen-bond donors (Lipinski definition) is 2. The fraction of sp³-hybridized carbons (Fsp3) is 0.467. The smallest absolute Gasteiger partial charge is 0.265 e. The van der Waals surface area contributed by atoms with Crippen LogP contribution in [0.1, 0.15) is 82.2 Å². The van der Waals surface area contributed by atoms with Crippen LogP contribution in [0.5, 0.6) is 0 Å². The minimum atomic E-state index is -0.209. The minimum Gasteiger partial charge on any atom is -0.362 e. The third-order valence-corrected chi connectivity index (χ3v) is 8.27. The van der Waals surface area contributed by atoms with Crippen molar-refractivity contribution < 1.29 is 4.79 Å². The van der Waals surface area contributed by atoms with Crippen molar-refractivity contribution in [3.63, 3.8) is 0 Å². The van der Waals surface area contributed by atoms with Crippen LogP contribution in [0.4, 0.5) is 5.82 Å². The molecular weight excluding hydrogens is 492 g/mol. The monoisotopic (exact) mass is 532 g/mol. The van der Waals surface area contributed by atoms with Gasteiger partial charge in [-0.3, -0.25) is 14.5 Å². The van der Waals surface area contributed by atoms with E-state index in [1.54, 1.807) is 6.08 Å². The number of nitrogens with zero attached hydrogens (tertiary/aromatic N) is 4.